The first-order valence-electron chi connectivity index (χ1n) is 8.30. The van der Waals surface area contributed by atoms with Gasteiger partial charge < -0.3 is 10.6 Å². The van der Waals surface area contributed by atoms with Gasteiger partial charge in [-0.05, 0) is 26.3 Å². The largest absolute Gasteiger partial charge is 0.368 e. The molecule has 0 aliphatic heterocycles. The van der Waals surface area contributed by atoms with Crippen LogP contribution in [0, 0.1) is 6.92 Å². The van der Waals surface area contributed by atoms with Gasteiger partial charge in [-0.15, -0.1) is 0 Å². The highest BCUT2D eigenvalue weighted by molar-refractivity contribution is 5.96. The molecule has 1 aromatic carbocycles. The second kappa shape index (κ2) is 7.21. The first kappa shape index (κ1) is 16.8. The maximum Gasteiger partial charge on any atom is 0.320 e. The van der Waals surface area contributed by atoms with E-state index in [9.17, 15) is 4.79 Å². The Labute approximate surface area is 146 Å². The second-order valence-electron chi connectivity index (χ2n) is 5.85. The van der Waals surface area contributed by atoms with E-state index >= 15 is 0 Å². The first-order valence-corrected chi connectivity index (χ1v) is 8.30. The summed E-state index contributed by atoms with van der Waals surface area (Å²) in [6.07, 6.45) is 1.71. The number of nitrogens with zero attached hydrogens (tertiary/aromatic N) is 2. The number of carbonyl (C=O) groups excluding carboxylic acids is 1. The Bertz CT molecular complexity index is 874. The number of benzene rings is 1. The fraction of sp³-hybridized carbons (Fsp3) is 0.278. The van der Waals surface area contributed by atoms with Crippen LogP contribution in [0.2, 0.25) is 0 Å². The van der Waals surface area contributed by atoms with Crippen molar-refractivity contribution in [3.63, 3.8) is 0 Å². The number of aromatic nitrogens is 3. The van der Waals surface area contributed by atoms with Crippen molar-refractivity contribution >= 4 is 28.6 Å². The van der Waals surface area contributed by atoms with Gasteiger partial charge in [-0.2, -0.15) is 5.10 Å². The molecule has 3 rings (SSSR count). The SMILES string of the molecule is CCNc1n[nH]c2c(C)c(NC(=O)NC(C)c3ccccc3)ncc12. The van der Waals surface area contributed by atoms with E-state index in [1.54, 1.807) is 6.20 Å². The minimum Gasteiger partial charge on any atom is -0.368 e. The van der Waals surface area contributed by atoms with Crippen LogP contribution in [0.4, 0.5) is 16.4 Å². The number of aryl methyl sites for hydroxylation is 1. The van der Waals surface area contributed by atoms with Crippen molar-refractivity contribution in [2.75, 3.05) is 17.2 Å². The summed E-state index contributed by atoms with van der Waals surface area (Å²) < 4.78 is 0. The Morgan fingerprint density at radius 2 is 2.00 bits per heavy atom. The van der Waals surface area contributed by atoms with Gasteiger partial charge in [0.1, 0.15) is 5.82 Å². The third kappa shape index (κ3) is 3.55. The Balaban J connectivity index is 1.74. The minimum atomic E-state index is -0.294. The molecule has 4 N–H and O–H groups in total. The molecule has 1 unspecified atom stereocenters. The van der Waals surface area contributed by atoms with Crippen LogP contribution >= 0.6 is 0 Å². The number of aromatic amines is 1. The van der Waals surface area contributed by atoms with E-state index in [1.807, 2.05) is 51.1 Å². The number of H-pyrrole nitrogens is 1. The quantitative estimate of drug-likeness (QED) is 0.572. The molecule has 2 amide bonds. The van der Waals surface area contributed by atoms with Gasteiger partial charge in [-0.25, -0.2) is 9.78 Å². The van der Waals surface area contributed by atoms with E-state index < -0.39 is 0 Å². The lowest BCUT2D eigenvalue weighted by molar-refractivity contribution is 0.249. The van der Waals surface area contributed by atoms with Crippen molar-refractivity contribution in [3.05, 3.63) is 47.7 Å². The van der Waals surface area contributed by atoms with Crippen molar-refractivity contribution in [1.29, 1.82) is 0 Å². The number of nitrogens with one attached hydrogen (secondary N) is 4. The summed E-state index contributed by atoms with van der Waals surface area (Å²) in [5.74, 6) is 1.28. The molecule has 0 radical (unpaired) electrons. The highest BCUT2D eigenvalue weighted by Crippen LogP contribution is 2.26. The van der Waals surface area contributed by atoms with Gasteiger partial charge in [-0.3, -0.25) is 10.4 Å². The number of urea groups is 1. The number of carbonyl (C=O) groups is 1. The second-order valence-corrected chi connectivity index (χ2v) is 5.85. The Kier molecular flexibility index (Phi) is 4.83. The van der Waals surface area contributed by atoms with Crippen LogP contribution in [0.5, 0.6) is 0 Å². The molecule has 1 atom stereocenters. The molecule has 7 nitrogen and oxygen atoms in total. The number of fused-ring (bicyclic) bond motifs is 1. The molecule has 25 heavy (non-hydrogen) atoms. The monoisotopic (exact) mass is 338 g/mol. The third-order valence-electron chi connectivity index (χ3n) is 4.08. The smallest absolute Gasteiger partial charge is 0.320 e. The summed E-state index contributed by atoms with van der Waals surface area (Å²) >= 11 is 0. The molecule has 2 heterocycles. The van der Waals surface area contributed by atoms with E-state index in [-0.39, 0.29) is 12.1 Å². The third-order valence-corrected chi connectivity index (χ3v) is 4.08. The van der Waals surface area contributed by atoms with Crippen LogP contribution in [-0.2, 0) is 0 Å². The zero-order valence-corrected chi connectivity index (χ0v) is 14.6. The van der Waals surface area contributed by atoms with Crippen LogP contribution < -0.4 is 16.0 Å². The van der Waals surface area contributed by atoms with Crippen molar-refractivity contribution < 1.29 is 4.79 Å². The fourth-order valence-electron chi connectivity index (χ4n) is 2.70. The number of hydrogen-bond acceptors (Lipinski definition) is 4. The van der Waals surface area contributed by atoms with Crippen molar-refractivity contribution in [2.24, 2.45) is 0 Å². The molecule has 7 heteroatoms. The van der Waals surface area contributed by atoms with E-state index in [2.05, 4.69) is 31.1 Å². The van der Waals surface area contributed by atoms with Gasteiger partial charge in [0.05, 0.1) is 16.9 Å². The maximum absolute atomic E-state index is 12.3. The van der Waals surface area contributed by atoms with Crippen molar-refractivity contribution in [1.82, 2.24) is 20.5 Å². The van der Waals surface area contributed by atoms with E-state index in [0.29, 0.717) is 5.82 Å². The summed E-state index contributed by atoms with van der Waals surface area (Å²) in [7, 11) is 0. The first-order chi connectivity index (χ1) is 12.1. The van der Waals surface area contributed by atoms with Gasteiger partial charge in [0.2, 0.25) is 0 Å². The van der Waals surface area contributed by atoms with Crippen LogP contribution in [-0.4, -0.2) is 27.8 Å². The number of amides is 2. The van der Waals surface area contributed by atoms with E-state index in [4.69, 9.17) is 0 Å². The predicted octanol–water partition coefficient (Wildman–Crippen LogP) is 3.58. The predicted molar refractivity (Wildman–Crippen MR) is 99.8 cm³/mol. The molecule has 130 valence electrons. The number of hydrogen-bond donors (Lipinski definition) is 4. The van der Waals surface area contributed by atoms with Gasteiger partial charge in [-0.1, -0.05) is 30.3 Å². The minimum absolute atomic E-state index is 0.0993. The van der Waals surface area contributed by atoms with E-state index in [1.165, 1.54) is 0 Å². The lowest BCUT2D eigenvalue weighted by atomic mass is 10.1. The van der Waals surface area contributed by atoms with Gasteiger partial charge in [0.25, 0.3) is 0 Å². The van der Waals surface area contributed by atoms with E-state index in [0.717, 1.165) is 34.4 Å². The van der Waals surface area contributed by atoms with Gasteiger partial charge in [0, 0.05) is 18.3 Å². The topological polar surface area (TPSA) is 94.7 Å². The molecule has 0 spiro atoms. The lowest BCUT2D eigenvalue weighted by Gasteiger charge is -2.15. The summed E-state index contributed by atoms with van der Waals surface area (Å²) in [5, 5.41) is 17.1. The molecule has 0 aliphatic rings. The highest BCUT2D eigenvalue weighted by atomic mass is 16.2. The zero-order chi connectivity index (χ0) is 17.8. The summed E-state index contributed by atoms with van der Waals surface area (Å²) in [4.78, 5) is 16.7. The van der Waals surface area contributed by atoms with Gasteiger partial charge in [0.15, 0.2) is 5.82 Å². The van der Waals surface area contributed by atoms with Gasteiger partial charge >= 0.3 is 6.03 Å². The summed E-state index contributed by atoms with van der Waals surface area (Å²) in [5.41, 5.74) is 2.75. The Hall–Kier alpha value is -3.09. The fourth-order valence-corrected chi connectivity index (χ4v) is 2.70. The van der Waals surface area contributed by atoms with Crippen LogP contribution in [0.15, 0.2) is 36.5 Å². The van der Waals surface area contributed by atoms with Crippen LogP contribution in [0.25, 0.3) is 10.9 Å². The standard InChI is InChI=1S/C18H22N6O/c1-4-19-17-14-10-20-16(11(2)15(14)23-24-17)22-18(25)21-12(3)13-8-6-5-7-9-13/h5-10,12H,4H2,1-3H3,(H2,19,23,24)(H2,20,21,22,25). The average Bonchev–Trinajstić information content (AvgIpc) is 3.02. The molecule has 2 aromatic heterocycles. The molecule has 0 bridgehead atoms. The molecule has 0 fully saturated rings. The van der Waals surface area contributed by atoms with Crippen molar-refractivity contribution in [3.8, 4) is 0 Å². The number of pyridine rings is 1. The average molecular weight is 338 g/mol. The van der Waals surface area contributed by atoms with Crippen LogP contribution in [0.1, 0.15) is 31.0 Å². The van der Waals surface area contributed by atoms with Crippen molar-refractivity contribution in [2.45, 2.75) is 26.8 Å². The molecular formula is C18H22N6O. The molecule has 0 aliphatic carbocycles. The number of rotatable bonds is 5. The zero-order valence-electron chi connectivity index (χ0n) is 14.6. The number of anilines is 2. The van der Waals surface area contributed by atoms with Crippen LogP contribution in [0.3, 0.4) is 0 Å². The molecule has 3 aromatic rings. The Morgan fingerprint density at radius 3 is 2.72 bits per heavy atom. The summed E-state index contributed by atoms with van der Waals surface area (Å²) in [6, 6.07) is 9.41. The molecule has 0 saturated carbocycles. The summed E-state index contributed by atoms with van der Waals surface area (Å²) in [6.45, 7) is 6.63. The molecule has 0 saturated heterocycles. The lowest BCUT2D eigenvalue weighted by Crippen LogP contribution is -2.31. The normalized spacial score (nSPS) is 12.0. The Morgan fingerprint density at radius 1 is 1.24 bits per heavy atom. The maximum atomic E-state index is 12.3. The highest BCUT2D eigenvalue weighted by Gasteiger charge is 2.14. The molecular weight excluding hydrogens is 316 g/mol.